The molecule has 1 aliphatic carbocycles. The molecule has 2 rings (SSSR count). The van der Waals surface area contributed by atoms with E-state index in [1.54, 1.807) is 14.2 Å². The van der Waals surface area contributed by atoms with E-state index in [2.05, 4.69) is 55.1 Å². The number of benzene rings is 1. The van der Waals surface area contributed by atoms with Gasteiger partial charge >= 0.3 is 12.2 Å². The minimum absolute atomic E-state index is 0.0202. The van der Waals surface area contributed by atoms with Crippen LogP contribution >= 0.6 is 0 Å². The number of methoxy groups -OCH3 is 1. The van der Waals surface area contributed by atoms with Gasteiger partial charge in [0.05, 0.1) is 24.4 Å². The lowest BCUT2D eigenvalue weighted by atomic mass is 9.72. The summed E-state index contributed by atoms with van der Waals surface area (Å²) >= 11 is 0. The standard InChI is InChI=1S/C33H52N4O5/c1-12-13-14-18-26-23(2)19-20-28(37(34-10)30(39)42-32(6,7)8)33(26,9)36-27(22-35-29(38)41-31(3,4)5)24-16-15-17-25(21-24)40-11/h13-17,19-21,26-27,34,36H,12,18,22H2,1-11H3,(H,35,38)/b14-13-/t26-,27?,33-/m0/s1. The lowest BCUT2D eigenvalue weighted by molar-refractivity contribution is 0.0180. The van der Waals surface area contributed by atoms with E-state index < -0.39 is 28.9 Å². The van der Waals surface area contributed by atoms with E-state index in [-0.39, 0.29) is 18.5 Å². The first-order valence-electron chi connectivity index (χ1n) is 14.7. The Morgan fingerprint density at radius 3 is 2.31 bits per heavy atom. The van der Waals surface area contributed by atoms with Crippen molar-refractivity contribution < 1.29 is 23.8 Å². The first-order valence-corrected chi connectivity index (χ1v) is 14.7. The highest BCUT2D eigenvalue weighted by Gasteiger charge is 2.45. The summed E-state index contributed by atoms with van der Waals surface area (Å²) in [5.74, 6) is 0.679. The first kappa shape index (κ1) is 34.9. The van der Waals surface area contributed by atoms with Gasteiger partial charge < -0.3 is 19.5 Å². The molecular weight excluding hydrogens is 532 g/mol. The largest absolute Gasteiger partial charge is 0.497 e. The van der Waals surface area contributed by atoms with Crippen molar-refractivity contribution in [2.75, 3.05) is 20.7 Å². The molecule has 42 heavy (non-hydrogen) atoms. The van der Waals surface area contributed by atoms with E-state index >= 15 is 0 Å². The van der Waals surface area contributed by atoms with Gasteiger partial charge in [-0.25, -0.2) is 20.0 Å². The van der Waals surface area contributed by atoms with E-state index in [9.17, 15) is 9.59 Å². The number of nitrogens with one attached hydrogen (secondary N) is 3. The van der Waals surface area contributed by atoms with Crippen LogP contribution in [0.1, 0.15) is 86.8 Å². The number of ether oxygens (including phenoxy) is 3. The molecule has 2 amide bonds. The Morgan fingerprint density at radius 1 is 1.07 bits per heavy atom. The summed E-state index contributed by atoms with van der Waals surface area (Å²) in [4.78, 5) is 26.2. The predicted molar refractivity (Wildman–Crippen MR) is 168 cm³/mol. The highest BCUT2D eigenvalue weighted by atomic mass is 16.6. The number of nitrogens with zero attached hydrogens (tertiary/aromatic N) is 1. The Bertz CT molecular complexity index is 1160. The topological polar surface area (TPSA) is 101 Å². The van der Waals surface area contributed by atoms with Crippen molar-refractivity contribution in [2.45, 2.75) is 97.9 Å². The number of carbonyl (C=O) groups is 2. The van der Waals surface area contributed by atoms with Crippen LogP contribution in [0.15, 0.2) is 59.8 Å². The van der Waals surface area contributed by atoms with Gasteiger partial charge in [0.15, 0.2) is 0 Å². The quantitative estimate of drug-likeness (QED) is 0.194. The zero-order chi connectivity index (χ0) is 31.7. The second-order valence-corrected chi connectivity index (χ2v) is 12.7. The fourth-order valence-electron chi connectivity index (χ4n) is 5.03. The van der Waals surface area contributed by atoms with Crippen molar-refractivity contribution in [3.8, 4) is 5.75 Å². The van der Waals surface area contributed by atoms with Gasteiger partial charge in [0.1, 0.15) is 17.0 Å². The Balaban J connectivity index is 2.63. The van der Waals surface area contributed by atoms with E-state index in [0.29, 0.717) is 11.4 Å². The van der Waals surface area contributed by atoms with Gasteiger partial charge in [-0.2, -0.15) is 0 Å². The van der Waals surface area contributed by atoms with Gasteiger partial charge in [0, 0.05) is 19.5 Å². The highest BCUT2D eigenvalue weighted by molar-refractivity contribution is 5.71. The maximum Gasteiger partial charge on any atom is 0.429 e. The Labute approximate surface area is 252 Å². The number of hydrogen-bond acceptors (Lipinski definition) is 7. The molecule has 234 valence electrons. The fraction of sp³-hybridized carbons (Fsp3) is 0.576. The van der Waals surface area contributed by atoms with E-state index in [1.807, 2.05) is 71.9 Å². The van der Waals surface area contributed by atoms with Gasteiger partial charge in [0.25, 0.3) is 0 Å². The second kappa shape index (κ2) is 14.7. The second-order valence-electron chi connectivity index (χ2n) is 12.7. The molecule has 3 N–H and O–H groups in total. The number of hydrazine groups is 1. The molecule has 0 bridgehead atoms. The number of carbonyl (C=O) groups excluding carboxylic acids is 2. The van der Waals surface area contributed by atoms with Gasteiger partial charge in [-0.05, 0) is 92.0 Å². The average molecular weight is 585 g/mol. The van der Waals surface area contributed by atoms with Gasteiger partial charge in [-0.3, -0.25) is 5.32 Å². The molecule has 0 heterocycles. The summed E-state index contributed by atoms with van der Waals surface area (Å²) in [5.41, 5.74) is 3.74. The lowest BCUT2D eigenvalue weighted by Crippen LogP contribution is -2.60. The molecular formula is C33H52N4O5. The van der Waals surface area contributed by atoms with E-state index in [0.717, 1.165) is 18.4 Å². The molecule has 3 atom stereocenters. The van der Waals surface area contributed by atoms with Crippen LogP contribution in [0.5, 0.6) is 5.75 Å². The van der Waals surface area contributed by atoms with Crippen molar-refractivity contribution >= 4 is 12.2 Å². The molecule has 0 saturated carbocycles. The number of rotatable bonds is 11. The first-order chi connectivity index (χ1) is 19.5. The van der Waals surface area contributed by atoms with Crippen LogP contribution in [0.4, 0.5) is 9.59 Å². The third-order valence-electron chi connectivity index (χ3n) is 6.92. The monoisotopic (exact) mass is 584 g/mol. The normalized spacial score (nSPS) is 19.9. The maximum absolute atomic E-state index is 13.5. The van der Waals surface area contributed by atoms with Crippen molar-refractivity contribution in [2.24, 2.45) is 5.92 Å². The molecule has 1 aromatic carbocycles. The van der Waals surface area contributed by atoms with Crippen molar-refractivity contribution in [1.29, 1.82) is 0 Å². The summed E-state index contributed by atoms with van der Waals surface area (Å²) in [6.07, 6.45) is 8.99. The molecule has 0 spiro atoms. The van der Waals surface area contributed by atoms with Gasteiger partial charge in [-0.15, -0.1) is 0 Å². The summed E-state index contributed by atoms with van der Waals surface area (Å²) in [6.45, 7) is 17.6. The number of amides is 2. The Kier molecular flexibility index (Phi) is 12.2. The van der Waals surface area contributed by atoms with Crippen LogP contribution < -0.4 is 20.8 Å². The molecule has 1 aliphatic rings. The van der Waals surface area contributed by atoms with Gasteiger partial charge in [0.2, 0.25) is 0 Å². The zero-order valence-corrected chi connectivity index (χ0v) is 27.4. The summed E-state index contributed by atoms with van der Waals surface area (Å²) in [6, 6.07) is 7.37. The van der Waals surface area contributed by atoms with Crippen LogP contribution in [0, 0.1) is 5.92 Å². The van der Waals surface area contributed by atoms with Crippen molar-refractivity contribution in [1.82, 2.24) is 21.1 Å². The summed E-state index contributed by atoms with van der Waals surface area (Å²) in [5, 5.41) is 8.25. The van der Waals surface area contributed by atoms with Crippen LogP contribution in [-0.4, -0.2) is 54.6 Å². The molecule has 0 radical (unpaired) electrons. The molecule has 0 aliphatic heterocycles. The van der Waals surface area contributed by atoms with E-state index in [4.69, 9.17) is 14.2 Å². The molecule has 0 fully saturated rings. The van der Waals surface area contributed by atoms with Crippen LogP contribution in [0.2, 0.25) is 0 Å². The average Bonchev–Trinajstić information content (AvgIpc) is 2.88. The zero-order valence-electron chi connectivity index (χ0n) is 27.4. The molecule has 0 aromatic heterocycles. The SMILES string of the molecule is CC/C=C\C[C@H]1C(C)=CC=C(N(NC)C(=O)OC(C)(C)C)[C@@]1(C)NC(CNC(=O)OC(C)(C)C)c1cccc(OC)c1. The number of allylic oxidation sites excluding steroid dienone is 4. The van der Waals surface area contributed by atoms with E-state index in [1.165, 1.54) is 10.6 Å². The van der Waals surface area contributed by atoms with Crippen LogP contribution in [0.3, 0.4) is 0 Å². The predicted octanol–water partition coefficient (Wildman–Crippen LogP) is 6.80. The molecule has 9 nitrogen and oxygen atoms in total. The Hall–Kier alpha value is -3.30. The maximum atomic E-state index is 13.5. The van der Waals surface area contributed by atoms with Gasteiger partial charge in [-0.1, -0.05) is 42.9 Å². The minimum atomic E-state index is -0.778. The third-order valence-corrected chi connectivity index (χ3v) is 6.92. The number of hydrogen-bond donors (Lipinski definition) is 3. The summed E-state index contributed by atoms with van der Waals surface area (Å²) < 4.78 is 16.8. The van der Waals surface area contributed by atoms with Crippen LogP contribution in [-0.2, 0) is 9.47 Å². The fourth-order valence-corrected chi connectivity index (χ4v) is 5.03. The Morgan fingerprint density at radius 2 is 1.74 bits per heavy atom. The minimum Gasteiger partial charge on any atom is -0.497 e. The smallest absolute Gasteiger partial charge is 0.429 e. The van der Waals surface area contributed by atoms with Crippen LogP contribution in [0.25, 0.3) is 0 Å². The molecule has 1 aromatic rings. The van der Waals surface area contributed by atoms with Crippen molar-refractivity contribution in [3.63, 3.8) is 0 Å². The molecule has 0 saturated heterocycles. The molecule has 1 unspecified atom stereocenters. The lowest BCUT2D eigenvalue weighted by Gasteiger charge is -2.48. The molecule has 9 heteroatoms. The highest BCUT2D eigenvalue weighted by Crippen LogP contribution is 2.41. The number of alkyl carbamates (subject to hydrolysis) is 1. The van der Waals surface area contributed by atoms with Crippen molar-refractivity contribution in [3.05, 3.63) is 65.4 Å². The third kappa shape index (κ3) is 9.91. The summed E-state index contributed by atoms with van der Waals surface area (Å²) in [7, 11) is 3.33.